The van der Waals surface area contributed by atoms with E-state index in [0.717, 1.165) is 18.7 Å². The number of nitrogens with one attached hydrogen (secondary N) is 3. The summed E-state index contributed by atoms with van der Waals surface area (Å²) < 4.78 is 11.2. The molecule has 2 aliphatic rings. The number of fused-ring (bicyclic) bond motifs is 1. The highest BCUT2D eigenvalue weighted by molar-refractivity contribution is 5.68. The fourth-order valence-corrected chi connectivity index (χ4v) is 3.43. The van der Waals surface area contributed by atoms with Crippen LogP contribution < -0.4 is 10.6 Å². The second-order valence-electron chi connectivity index (χ2n) is 7.39. The molecule has 1 amide bonds. The van der Waals surface area contributed by atoms with Crippen LogP contribution in [0.5, 0.6) is 0 Å². The summed E-state index contributed by atoms with van der Waals surface area (Å²) >= 11 is 0. The lowest BCUT2D eigenvalue weighted by Crippen LogP contribution is -2.70. The summed E-state index contributed by atoms with van der Waals surface area (Å²) in [4.78, 5) is 12.1. The van der Waals surface area contributed by atoms with Crippen LogP contribution in [0.4, 0.5) is 4.79 Å². The zero-order valence-corrected chi connectivity index (χ0v) is 14.1. The highest BCUT2D eigenvalue weighted by Crippen LogP contribution is 2.40. The Bertz CT molecular complexity index is 540. The van der Waals surface area contributed by atoms with Gasteiger partial charge in [0, 0.05) is 24.8 Å². The van der Waals surface area contributed by atoms with E-state index in [1.54, 1.807) is 6.20 Å². The number of aromatic nitrogens is 2. The van der Waals surface area contributed by atoms with Crippen molar-refractivity contribution in [1.29, 1.82) is 0 Å². The van der Waals surface area contributed by atoms with E-state index in [-0.39, 0.29) is 30.3 Å². The number of alkyl carbamates (subject to hydrolysis) is 1. The number of H-pyrrole nitrogens is 1. The average Bonchev–Trinajstić information content (AvgIpc) is 3.10. The van der Waals surface area contributed by atoms with Crippen molar-refractivity contribution in [2.75, 3.05) is 6.61 Å². The van der Waals surface area contributed by atoms with Gasteiger partial charge in [0.15, 0.2) is 0 Å². The lowest BCUT2D eigenvalue weighted by molar-refractivity contribution is -0.0373. The van der Waals surface area contributed by atoms with E-state index in [9.17, 15) is 4.79 Å². The molecule has 7 heteroatoms. The standard InChI is InChI=1S/C16H26N4O3/c1-9(11-5-7-17-20-11)18-13-12(10-6-8-22-14(10)13)19-15(21)23-16(2,3)4/h5,7,9-10,12-14,18H,6,8H2,1-4H3,(H,17,20)(H,19,21). The van der Waals surface area contributed by atoms with E-state index < -0.39 is 5.60 Å². The largest absolute Gasteiger partial charge is 0.444 e. The third-order valence-corrected chi connectivity index (χ3v) is 4.50. The van der Waals surface area contributed by atoms with Gasteiger partial charge >= 0.3 is 6.09 Å². The summed E-state index contributed by atoms with van der Waals surface area (Å²) in [7, 11) is 0. The van der Waals surface area contributed by atoms with Crippen molar-refractivity contribution in [2.45, 2.75) is 63.9 Å². The van der Waals surface area contributed by atoms with Gasteiger partial charge in [-0.3, -0.25) is 5.10 Å². The van der Waals surface area contributed by atoms with Crippen molar-refractivity contribution in [3.05, 3.63) is 18.0 Å². The van der Waals surface area contributed by atoms with Gasteiger partial charge in [0.2, 0.25) is 0 Å². The van der Waals surface area contributed by atoms with Gasteiger partial charge in [-0.15, -0.1) is 0 Å². The second-order valence-corrected chi connectivity index (χ2v) is 7.39. The molecule has 1 aromatic heterocycles. The summed E-state index contributed by atoms with van der Waals surface area (Å²) in [5, 5.41) is 13.5. The minimum absolute atomic E-state index is 0.0303. The Labute approximate surface area is 136 Å². The first kappa shape index (κ1) is 16.3. The molecule has 1 aromatic rings. The SMILES string of the molecule is CC(NC1C(NC(=O)OC(C)(C)C)C2CCOC21)c1ccn[nH]1. The third-order valence-electron chi connectivity index (χ3n) is 4.50. The number of carbonyl (C=O) groups is 1. The monoisotopic (exact) mass is 322 g/mol. The maximum Gasteiger partial charge on any atom is 0.407 e. The van der Waals surface area contributed by atoms with Crippen LogP contribution in [0.3, 0.4) is 0 Å². The van der Waals surface area contributed by atoms with Gasteiger partial charge in [0.1, 0.15) is 5.60 Å². The predicted molar refractivity (Wildman–Crippen MR) is 84.9 cm³/mol. The highest BCUT2D eigenvalue weighted by atomic mass is 16.6. The molecule has 3 rings (SSSR count). The van der Waals surface area contributed by atoms with E-state index in [0.29, 0.717) is 5.92 Å². The molecule has 1 aliphatic heterocycles. The fourth-order valence-electron chi connectivity index (χ4n) is 3.43. The Morgan fingerprint density at radius 2 is 2.26 bits per heavy atom. The number of hydrogen-bond donors (Lipinski definition) is 3. The van der Waals surface area contributed by atoms with Crippen molar-refractivity contribution in [3.8, 4) is 0 Å². The van der Waals surface area contributed by atoms with Crippen LogP contribution in [0.25, 0.3) is 0 Å². The Morgan fingerprint density at radius 1 is 1.48 bits per heavy atom. The summed E-state index contributed by atoms with van der Waals surface area (Å²) in [5.74, 6) is 0.356. The van der Waals surface area contributed by atoms with Crippen LogP contribution in [-0.2, 0) is 9.47 Å². The molecule has 1 aliphatic carbocycles. The molecule has 2 heterocycles. The minimum atomic E-state index is -0.495. The molecule has 5 atom stereocenters. The van der Waals surface area contributed by atoms with Crippen LogP contribution in [0.2, 0.25) is 0 Å². The molecule has 1 saturated heterocycles. The summed E-state index contributed by atoms with van der Waals surface area (Å²) in [6.45, 7) is 8.42. The molecule has 5 unspecified atom stereocenters. The molecular weight excluding hydrogens is 296 g/mol. The van der Waals surface area contributed by atoms with Gasteiger partial charge < -0.3 is 20.1 Å². The molecule has 7 nitrogen and oxygen atoms in total. The fraction of sp³-hybridized carbons (Fsp3) is 0.750. The number of amides is 1. The molecule has 0 spiro atoms. The van der Waals surface area contributed by atoms with E-state index in [2.05, 4.69) is 27.8 Å². The summed E-state index contributed by atoms with van der Waals surface area (Å²) in [6.07, 6.45) is 2.50. The quantitative estimate of drug-likeness (QED) is 0.786. The van der Waals surface area contributed by atoms with Crippen molar-refractivity contribution in [2.24, 2.45) is 5.92 Å². The topological polar surface area (TPSA) is 88.3 Å². The number of aromatic amines is 1. The number of hydrogen-bond acceptors (Lipinski definition) is 5. The molecule has 0 aromatic carbocycles. The zero-order chi connectivity index (χ0) is 16.6. The number of carbonyl (C=O) groups excluding carboxylic acids is 1. The lowest BCUT2D eigenvalue weighted by Gasteiger charge is -2.48. The first-order valence-electron chi connectivity index (χ1n) is 8.21. The second kappa shape index (κ2) is 6.13. The third kappa shape index (κ3) is 3.50. The van der Waals surface area contributed by atoms with Gasteiger partial charge in [-0.1, -0.05) is 0 Å². The maximum atomic E-state index is 12.1. The normalized spacial score (nSPS) is 31.1. The smallest absolute Gasteiger partial charge is 0.407 e. The van der Waals surface area contributed by atoms with E-state index in [1.807, 2.05) is 26.8 Å². The number of rotatable bonds is 4. The number of nitrogens with zero attached hydrogens (tertiary/aromatic N) is 1. The van der Waals surface area contributed by atoms with Gasteiger partial charge in [-0.25, -0.2) is 4.79 Å². The molecule has 1 saturated carbocycles. The van der Waals surface area contributed by atoms with Gasteiger partial charge in [0.05, 0.1) is 23.9 Å². The van der Waals surface area contributed by atoms with Gasteiger partial charge in [-0.2, -0.15) is 5.10 Å². The molecule has 128 valence electrons. The minimum Gasteiger partial charge on any atom is -0.444 e. The van der Waals surface area contributed by atoms with Crippen molar-refractivity contribution < 1.29 is 14.3 Å². The Kier molecular flexibility index (Phi) is 4.33. The molecule has 0 bridgehead atoms. The van der Waals surface area contributed by atoms with E-state index in [4.69, 9.17) is 9.47 Å². The predicted octanol–water partition coefficient (Wildman–Crippen LogP) is 1.74. The van der Waals surface area contributed by atoms with E-state index >= 15 is 0 Å². The van der Waals surface area contributed by atoms with Crippen molar-refractivity contribution in [1.82, 2.24) is 20.8 Å². The van der Waals surface area contributed by atoms with Gasteiger partial charge in [-0.05, 0) is 40.2 Å². The highest BCUT2D eigenvalue weighted by Gasteiger charge is 2.55. The molecular formula is C16H26N4O3. The first-order chi connectivity index (χ1) is 10.8. The Morgan fingerprint density at radius 3 is 2.91 bits per heavy atom. The van der Waals surface area contributed by atoms with Gasteiger partial charge in [0.25, 0.3) is 0 Å². The molecule has 0 radical (unpaired) electrons. The van der Waals surface area contributed by atoms with Crippen LogP contribution in [0.15, 0.2) is 12.3 Å². The molecule has 2 fully saturated rings. The molecule has 3 N–H and O–H groups in total. The average molecular weight is 322 g/mol. The van der Waals surface area contributed by atoms with Crippen molar-refractivity contribution in [3.63, 3.8) is 0 Å². The first-order valence-corrected chi connectivity index (χ1v) is 8.21. The van der Waals surface area contributed by atoms with Crippen LogP contribution in [-0.4, -0.2) is 46.7 Å². The Balaban J connectivity index is 1.62. The van der Waals surface area contributed by atoms with Crippen molar-refractivity contribution >= 4 is 6.09 Å². The number of ether oxygens (including phenoxy) is 2. The summed E-state index contributed by atoms with van der Waals surface area (Å²) in [5.41, 5.74) is 0.522. The zero-order valence-electron chi connectivity index (χ0n) is 14.1. The van der Waals surface area contributed by atoms with E-state index in [1.165, 1.54) is 0 Å². The maximum absolute atomic E-state index is 12.1. The summed E-state index contributed by atoms with van der Waals surface area (Å²) in [6, 6.07) is 2.16. The van der Waals surface area contributed by atoms with Crippen LogP contribution >= 0.6 is 0 Å². The molecule has 23 heavy (non-hydrogen) atoms. The van der Waals surface area contributed by atoms with Crippen LogP contribution in [0.1, 0.15) is 45.9 Å². The Hall–Kier alpha value is -1.60. The lowest BCUT2D eigenvalue weighted by atomic mass is 9.71. The van der Waals surface area contributed by atoms with Crippen LogP contribution in [0, 0.1) is 5.92 Å².